The van der Waals surface area contributed by atoms with Gasteiger partial charge in [-0.3, -0.25) is 0 Å². The van der Waals surface area contributed by atoms with Crippen LogP contribution in [-0.2, 0) is 11.3 Å². The van der Waals surface area contributed by atoms with Gasteiger partial charge in [-0.25, -0.2) is 8.78 Å². The first-order valence-corrected chi connectivity index (χ1v) is 13.3. The zero-order valence-corrected chi connectivity index (χ0v) is 20.2. The lowest BCUT2D eigenvalue weighted by Crippen LogP contribution is -2.28. The van der Waals surface area contributed by atoms with Crippen molar-refractivity contribution < 1.29 is 13.5 Å². The Morgan fingerprint density at radius 3 is 2.00 bits per heavy atom. The lowest BCUT2D eigenvalue weighted by molar-refractivity contribution is -0.00285. The normalized spacial score (nSPS) is 25.8. The lowest BCUT2D eigenvalue weighted by Gasteiger charge is -2.38. The molecule has 0 bridgehead atoms. The molecule has 2 aromatic rings. The van der Waals surface area contributed by atoms with Gasteiger partial charge >= 0.3 is 0 Å². The van der Waals surface area contributed by atoms with Crippen LogP contribution in [0.2, 0.25) is 0 Å². The number of hydrogen-bond donors (Lipinski definition) is 0. The molecule has 2 aliphatic rings. The van der Waals surface area contributed by atoms with Crippen LogP contribution in [0.1, 0.15) is 89.5 Å². The molecule has 180 valence electrons. The maximum absolute atomic E-state index is 13.5. The SMILES string of the molecule is CCCCCC1CCC(C2CCC(OCc3ccc(-c4ccc(F)c(F)c4)cc3)CC2)CC1. The van der Waals surface area contributed by atoms with E-state index in [1.807, 2.05) is 24.3 Å². The Balaban J connectivity index is 1.17. The summed E-state index contributed by atoms with van der Waals surface area (Å²) < 4.78 is 32.9. The summed E-state index contributed by atoms with van der Waals surface area (Å²) in [5.74, 6) is 1.25. The molecule has 3 heteroatoms. The van der Waals surface area contributed by atoms with Crippen molar-refractivity contribution in [1.29, 1.82) is 0 Å². The fourth-order valence-electron chi connectivity index (χ4n) is 6.04. The Hall–Kier alpha value is -1.74. The van der Waals surface area contributed by atoms with Gasteiger partial charge in [-0.1, -0.05) is 75.8 Å². The van der Waals surface area contributed by atoms with Gasteiger partial charge < -0.3 is 4.74 Å². The second-order valence-corrected chi connectivity index (χ2v) is 10.5. The number of unbranched alkanes of at least 4 members (excludes halogenated alkanes) is 2. The summed E-state index contributed by atoms with van der Waals surface area (Å²) in [5, 5.41) is 0. The van der Waals surface area contributed by atoms with Crippen LogP contribution in [0.4, 0.5) is 8.78 Å². The van der Waals surface area contributed by atoms with E-state index in [2.05, 4.69) is 6.92 Å². The molecule has 0 heterocycles. The Morgan fingerprint density at radius 1 is 0.727 bits per heavy atom. The molecule has 0 atom stereocenters. The summed E-state index contributed by atoms with van der Waals surface area (Å²) in [6.07, 6.45) is 16.9. The smallest absolute Gasteiger partial charge is 0.159 e. The van der Waals surface area contributed by atoms with Crippen LogP contribution >= 0.6 is 0 Å². The van der Waals surface area contributed by atoms with E-state index in [4.69, 9.17) is 4.74 Å². The highest BCUT2D eigenvalue weighted by molar-refractivity contribution is 5.63. The van der Waals surface area contributed by atoms with Crippen LogP contribution < -0.4 is 0 Å². The van der Waals surface area contributed by atoms with Crippen LogP contribution in [0.25, 0.3) is 11.1 Å². The number of halogens is 2. The van der Waals surface area contributed by atoms with Gasteiger partial charge in [0.05, 0.1) is 12.7 Å². The molecule has 4 rings (SSSR count). The van der Waals surface area contributed by atoms with Gasteiger partial charge in [0.25, 0.3) is 0 Å². The molecule has 1 nitrogen and oxygen atoms in total. The molecule has 2 aromatic carbocycles. The number of hydrogen-bond acceptors (Lipinski definition) is 1. The van der Waals surface area contributed by atoms with Gasteiger partial charge in [0, 0.05) is 0 Å². The van der Waals surface area contributed by atoms with E-state index in [0.29, 0.717) is 18.3 Å². The minimum absolute atomic E-state index is 0.373. The van der Waals surface area contributed by atoms with Crippen LogP contribution in [-0.4, -0.2) is 6.10 Å². The maximum atomic E-state index is 13.5. The van der Waals surface area contributed by atoms with Gasteiger partial charge in [-0.15, -0.1) is 0 Å². The standard InChI is InChI=1S/C30H40F2O/c1-2-3-4-5-22-6-10-24(11-7-22)25-14-17-28(18-15-25)33-21-23-8-12-26(13-9-23)27-16-19-29(31)30(32)20-27/h8-9,12-13,16,19-20,22,24-25,28H,2-7,10-11,14-15,17-18,21H2,1H3. The third kappa shape index (κ3) is 6.88. The predicted octanol–water partition coefficient (Wildman–Crippen LogP) is 9.09. The molecule has 0 saturated heterocycles. The predicted molar refractivity (Wildman–Crippen MR) is 132 cm³/mol. The first-order valence-electron chi connectivity index (χ1n) is 13.3. The van der Waals surface area contributed by atoms with Crippen molar-refractivity contribution in [1.82, 2.24) is 0 Å². The second kappa shape index (κ2) is 12.1. The molecular formula is C30H40F2O. The van der Waals surface area contributed by atoms with Gasteiger partial charge in [0.2, 0.25) is 0 Å². The van der Waals surface area contributed by atoms with E-state index in [0.717, 1.165) is 28.9 Å². The molecule has 0 spiro atoms. The molecular weight excluding hydrogens is 414 g/mol. The summed E-state index contributed by atoms with van der Waals surface area (Å²) in [5.41, 5.74) is 2.71. The van der Waals surface area contributed by atoms with E-state index in [-0.39, 0.29) is 0 Å². The van der Waals surface area contributed by atoms with Crippen molar-refractivity contribution in [3.05, 3.63) is 59.7 Å². The van der Waals surface area contributed by atoms with Crippen LogP contribution in [0.5, 0.6) is 0 Å². The first-order chi connectivity index (χ1) is 16.1. The minimum Gasteiger partial charge on any atom is -0.374 e. The molecule has 2 saturated carbocycles. The van der Waals surface area contributed by atoms with Crippen molar-refractivity contribution in [2.75, 3.05) is 0 Å². The van der Waals surface area contributed by atoms with Crippen molar-refractivity contribution in [3.8, 4) is 11.1 Å². The van der Waals surface area contributed by atoms with Gasteiger partial charge in [-0.05, 0) is 85.1 Å². The first kappa shape index (κ1) is 24.4. The van der Waals surface area contributed by atoms with Gasteiger partial charge in [0.1, 0.15) is 0 Å². The largest absolute Gasteiger partial charge is 0.374 e. The van der Waals surface area contributed by atoms with E-state index >= 15 is 0 Å². The number of benzene rings is 2. The summed E-state index contributed by atoms with van der Waals surface area (Å²) in [4.78, 5) is 0. The zero-order valence-electron chi connectivity index (χ0n) is 20.2. The molecule has 0 amide bonds. The van der Waals surface area contributed by atoms with Crippen LogP contribution in [0, 0.1) is 29.4 Å². The van der Waals surface area contributed by atoms with Crippen molar-refractivity contribution in [3.63, 3.8) is 0 Å². The Kier molecular flexibility index (Phi) is 8.95. The Bertz CT molecular complexity index is 846. The molecule has 33 heavy (non-hydrogen) atoms. The highest BCUT2D eigenvalue weighted by atomic mass is 19.2. The van der Waals surface area contributed by atoms with Crippen LogP contribution in [0.3, 0.4) is 0 Å². The molecule has 0 radical (unpaired) electrons. The summed E-state index contributed by atoms with van der Waals surface area (Å²) in [6, 6.07) is 12.0. The number of rotatable bonds is 9. The molecule has 0 aliphatic heterocycles. The molecule has 2 aliphatic carbocycles. The van der Waals surface area contributed by atoms with E-state index in [1.54, 1.807) is 6.07 Å². The minimum atomic E-state index is -0.811. The third-order valence-corrected chi connectivity index (χ3v) is 8.19. The van der Waals surface area contributed by atoms with Crippen LogP contribution in [0.15, 0.2) is 42.5 Å². The van der Waals surface area contributed by atoms with Gasteiger partial charge in [0.15, 0.2) is 11.6 Å². The Morgan fingerprint density at radius 2 is 1.36 bits per heavy atom. The van der Waals surface area contributed by atoms with E-state index in [1.165, 1.54) is 89.2 Å². The average molecular weight is 455 g/mol. The summed E-state index contributed by atoms with van der Waals surface area (Å²) >= 11 is 0. The monoisotopic (exact) mass is 454 g/mol. The van der Waals surface area contributed by atoms with Crippen molar-refractivity contribution in [2.45, 2.75) is 96.7 Å². The lowest BCUT2D eigenvalue weighted by atomic mass is 9.70. The third-order valence-electron chi connectivity index (χ3n) is 8.19. The molecule has 2 fully saturated rings. The van der Waals surface area contributed by atoms with E-state index < -0.39 is 11.6 Å². The highest BCUT2D eigenvalue weighted by Gasteiger charge is 2.31. The quantitative estimate of drug-likeness (QED) is 0.343. The Labute approximate surface area is 198 Å². The zero-order chi connectivity index (χ0) is 23.0. The van der Waals surface area contributed by atoms with E-state index in [9.17, 15) is 8.78 Å². The highest BCUT2D eigenvalue weighted by Crippen LogP contribution is 2.41. The summed E-state index contributed by atoms with van der Waals surface area (Å²) in [6.45, 7) is 2.92. The van der Waals surface area contributed by atoms with Crippen molar-refractivity contribution >= 4 is 0 Å². The average Bonchev–Trinajstić information content (AvgIpc) is 2.86. The molecule has 0 N–H and O–H groups in total. The second-order valence-electron chi connectivity index (χ2n) is 10.5. The number of ether oxygens (including phenoxy) is 1. The fourth-order valence-corrected chi connectivity index (χ4v) is 6.04. The molecule has 0 aromatic heterocycles. The topological polar surface area (TPSA) is 9.23 Å². The van der Waals surface area contributed by atoms with Crippen molar-refractivity contribution in [2.24, 2.45) is 17.8 Å². The summed E-state index contributed by atoms with van der Waals surface area (Å²) in [7, 11) is 0. The fraction of sp³-hybridized carbons (Fsp3) is 0.600. The van der Waals surface area contributed by atoms with Gasteiger partial charge in [-0.2, -0.15) is 0 Å². The maximum Gasteiger partial charge on any atom is 0.159 e. The molecule has 0 unspecified atom stereocenters.